The highest BCUT2D eigenvalue weighted by Gasteiger charge is 2.42. The van der Waals surface area contributed by atoms with Gasteiger partial charge in [0.2, 0.25) is 0 Å². The molecule has 4 heteroatoms. The maximum atomic E-state index is 9.73. The van der Waals surface area contributed by atoms with Gasteiger partial charge < -0.3 is 9.84 Å². The van der Waals surface area contributed by atoms with E-state index in [9.17, 15) is 5.11 Å². The molecule has 1 fully saturated rings. The van der Waals surface area contributed by atoms with E-state index in [4.69, 9.17) is 4.74 Å². The summed E-state index contributed by atoms with van der Waals surface area (Å²) in [4.78, 5) is 9.19. The molecule has 2 rings (SSSR count). The molecule has 1 saturated carbocycles. The number of aliphatic hydroxyl groups excluding tert-OH is 1. The Balaban J connectivity index is 2.33. The average molecular weight is 292 g/mol. The van der Waals surface area contributed by atoms with Crippen molar-refractivity contribution in [1.82, 2.24) is 9.97 Å². The highest BCUT2D eigenvalue weighted by molar-refractivity contribution is 5.20. The molecular formula is C17H28N2O2. The van der Waals surface area contributed by atoms with Crippen LogP contribution in [0, 0.1) is 12.3 Å². The number of aliphatic hydroxyl groups is 1. The van der Waals surface area contributed by atoms with Gasteiger partial charge in [0.15, 0.2) is 5.82 Å². The summed E-state index contributed by atoms with van der Waals surface area (Å²) in [6.45, 7) is 11.0. The van der Waals surface area contributed by atoms with Gasteiger partial charge in [-0.3, -0.25) is 0 Å². The van der Waals surface area contributed by atoms with E-state index in [1.807, 2.05) is 13.8 Å². The summed E-state index contributed by atoms with van der Waals surface area (Å²) in [6.07, 6.45) is 5.37. The van der Waals surface area contributed by atoms with Crippen LogP contribution in [0.15, 0.2) is 6.20 Å². The normalized spacial score (nSPS) is 22.0. The summed E-state index contributed by atoms with van der Waals surface area (Å²) in [6, 6.07) is 0. The molecule has 0 radical (unpaired) electrons. The first-order valence-corrected chi connectivity index (χ1v) is 7.96. The van der Waals surface area contributed by atoms with E-state index < -0.39 is 6.10 Å². The van der Waals surface area contributed by atoms with Crippen LogP contribution in [-0.2, 0) is 10.3 Å². The molecule has 0 bridgehead atoms. The molecule has 0 unspecified atom stereocenters. The Bertz CT molecular complexity index is 488. The number of hydrogen-bond donors (Lipinski definition) is 1. The van der Waals surface area contributed by atoms with E-state index in [2.05, 4.69) is 23.8 Å². The Hall–Kier alpha value is -1.00. The second-order valence-electron chi connectivity index (χ2n) is 7.00. The van der Waals surface area contributed by atoms with Gasteiger partial charge in [-0.2, -0.15) is 0 Å². The largest absolute Gasteiger partial charge is 0.389 e. The first-order valence-electron chi connectivity index (χ1n) is 7.96. The first kappa shape index (κ1) is 16.4. The summed E-state index contributed by atoms with van der Waals surface area (Å²) < 4.78 is 6.12. The van der Waals surface area contributed by atoms with E-state index >= 15 is 0 Å². The molecule has 4 nitrogen and oxygen atoms in total. The fourth-order valence-corrected chi connectivity index (χ4v) is 3.15. The maximum absolute atomic E-state index is 9.73. The fraction of sp³-hybridized carbons (Fsp3) is 0.765. The zero-order chi connectivity index (χ0) is 15.7. The third kappa shape index (κ3) is 3.43. The lowest BCUT2D eigenvalue weighted by Crippen LogP contribution is -2.39. The molecule has 1 heterocycles. The van der Waals surface area contributed by atoms with E-state index in [-0.39, 0.29) is 5.60 Å². The second-order valence-corrected chi connectivity index (χ2v) is 7.00. The predicted molar refractivity (Wildman–Crippen MR) is 83.0 cm³/mol. The molecule has 0 aliphatic heterocycles. The highest BCUT2D eigenvalue weighted by Crippen LogP contribution is 2.46. The molecule has 0 amide bonds. The zero-order valence-electron chi connectivity index (χ0n) is 13.9. The van der Waals surface area contributed by atoms with Gasteiger partial charge in [-0.05, 0) is 51.9 Å². The number of ether oxygens (including phenoxy) is 1. The zero-order valence-corrected chi connectivity index (χ0v) is 13.9. The highest BCUT2D eigenvalue weighted by atomic mass is 16.5. The fourth-order valence-electron chi connectivity index (χ4n) is 3.15. The smallest absolute Gasteiger partial charge is 0.160 e. The second kappa shape index (κ2) is 6.01. The molecule has 118 valence electrons. The van der Waals surface area contributed by atoms with Crippen LogP contribution in [0.4, 0.5) is 0 Å². The summed E-state index contributed by atoms with van der Waals surface area (Å²) in [5.74, 6) is 0.779. The van der Waals surface area contributed by atoms with Crippen LogP contribution in [0.2, 0.25) is 0 Å². The topological polar surface area (TPSA) is 55.2 Å². The lowest BCUT2D eigenvalue weighted by molar-refractivity contribution is -0.0949. The van der Waals surface area contributed by atoms with Gasteiger partial charge in [0.1, 0.15) is 5.60 Å². The van der Waals surface area contributed by atoms with Crippen molar-refractivity contribution in [3.05, 3.63) is 23.3 Å². The molecule has 1 N–H and O–H groups in total. The van der Waals surface area contributed by atoms with Gasteiger partial charge in [0.25, 0.3) is 0 Å². The monoisotopic (exact) mass is 292 g/mol. The van der Waals surface area contributed by atoms with Gasteiger partial charge >= 0.3 is 0 Å². The van der Waals surface area contributed by atoms with Crippen LogP contribution in [0.25, 0.3) is 0 Å². The first-order chi connectivity index (χ1) is 9.80. The van der Waals surface area contributed by atoms with Crippen LogP contribution in [0.1, 0.15) is 76.6 Å². The third-order valence-electron chi connectivity index (χ3n) is 4.71. The van der Waals surface area contributed by atoms with E-state index in [0.717, 1.165) is 42.8 Å². The van der Waals surface area contributed by atoms with Crippen LogP contribution in [0.5, 0.6) is 0 Å². The minimum Gasteiger partial charge on any atom is -0.389 e. The summed E-state index contributed by atoms with van der Waals surface area (Å²) in [7, 11) is 0. The van der Waals surface area contributed by atoms with Crippen LogP contribution in [-0.4, -0.2) is 21.7 Å². The van der Waals surface area contributed by atoms with Crippen molar-refractivity contribution in [3.63, 3.8) is 0 Å². The number of aryl methyl sites for hydroxylation is 1. The van der Waals surface area contributed by atoms with Gasteiger partial charge in [-0.15, -0.1) is 0 Å². The van der Waals surface area contributed by atoms with Crippen LogP contribution < -0.4 is 0 Å². The third-order valence-corrected chi connectivity index (χ3v) is 4.71. The van der Waals surface area contributed by atoms with Crippen molar-refractivity contribution in [2.45, 2.75) is 72.0 Å². The summed E-state index contributed by atoms with van der Waals surface area (Å²) >= 11 is 0. The van der Waals surface area contributed by atoms with Crippen LogP contribution >= 0.6 is 0 Å². The Morgan fingerprint density at radius 1 is 1.29 bits per heavy atom. The number of aromatic nitrogens is 2. The molecule has 21 heavy (non-hydrogen) atoms. The summed E-state index contributed by atoms with van der Waals surface area (Å²) in [5.41, 5.74) is 1.65. The minimum atomic E-state index is -0.535. The predicted octanol–water partition coefficient (Wildman–Crippen LogP) is 3.67. The van der Waals surface area contributed by atoms with E-state index in [1.165, 1.54) is 0 Å². The Morgan fingerprint density at radius 2 is 1.90 bits per heavy atom. The van der Waals surface area contributed by atoms with Crippen molar-refractivity contribution in [2.24, 2.45) is 5.41 Å². The van der Waals surface area contributed by atoms with Gasteiger partial charge in [-0.25, -0.2) is 9.97 Å². The average Bonchev–Trinajstić information content (AvgIpc) is 2.41. The van der Waals surface area contributed by atoms with Gasteiger partial charge in [0, 0.05) is 24.1 Å². The minimum absolute atomic E-state index is 0.355. The van der Waals surface area contributed by atoms with Crippen molar-refractivity contribution in [1.29, 1.82) is 0 Å². The van der Waals surface area contributed by atoms with Gasteiger partial charge in [-0.1, -0.05) is 13.8 Å². The number of nitrogens with zero attached hydrogens (tertiary/aromatic N) is 2. The SMILES string of the molecule is CCOC1(c2ncc([C@@H](C)O)c(C)n2)CCC(C)(C)CC1. The number of rotatable bonds is 4. The molecule has 0 aromatic carbocycles. The number of hydrogen-bond acceptors (Lipinski definition) is 4. The Labute approximate surface area is 128 Å². The molecule has 1 aliphatic carbocycles. The maximum Gasteiger partial charge on any atom is 0.160 e. The standard InChI is InChI=1S/C17H28N2O2/c1-6-21-17(9-7-16(4,5)8-10-17)15-18-11-14(13(3)20)12(2)19-15/h11,13,20H,6-10H2,1-5H3/t13-/m1/s1. The molecule has 1 aromatic rings. The molecule has 1 aliphatic rings. The van der Waals surface area contributed by atoms with Crippen molar-refractivity contribution >= 4 is 0 Å². The van der Waals surface area contributed by atoms with Crippen molar-refractivity contribution in [3.8, 4) is 0 Å². The van der Waals surface area contributed by atoms with Crippen molar-refractivity contribution in [2.75, 3.05) is 6.61 Å². The molecular weight excluding hydrogens is 264 g/mol. The summed E-state index contributed by atoms with van der Waals surface area (Å²) in [5, 5.41) is 9.73. The lowest BCUT2D eigenvalue weighted by Gasteiger charge is -2.42. The molecule has 0 spiro atoms. The molecule has 0 saturated heterocycles. The Morgan fingerprint density at radius 3 is 2.38 bits per heavy atom. The Kier molecular flexibility index (Phi) is 4.69. The van der Waals surface area contributed by atoms with Gasteiger partial charge in [0.05, 0.1) is 6.10 Å². The quantitative estimate of drug-likeness (QED) is 0.920. The van der Waals surface area contributed by atoms with Crippen LogP contribution in [0.3, 0.4) is 0 Å². The van der Waals surface area contributed by atoms with E-state index in [0.29, 0.717) is 12.0 Å². The molecule has 1 atom stereocenters. The van der Waals surface area contributed by atoms with E-state index in [1.54, 1.807) is 13.1 Å². The van der Waals surface area contributed by atoms with Crippen molar-refractivity contribution < 1.29 is 9.84 Å². The molecule has 1 aromatic heterocycles. The lowest BCUT2D eigenvalue weighted by atomic mass is 9.70.